The molecule has 0 saturated heterocycles. The number of rotatable bonds is 7. The highest BCUT2D eigenvalue weighted by atomic mass is 32.1. The molecule has 192 valence electrons. The molecule has 9 nitrogen and oxygen atoms in total. The minimum Gasteiger partial charge on any atom is -0.493 e. The molecule has 2 aromatic carbocycles. The van der Waals surface area contributed by atoms with Crippen LogP contribution in [0.4, 0.5) is 0 Å². The van der Waals surface area contributed by atoms with E-state index in [1.165, 1.54) is 37.2 Å². The van der Waals surface area contributed by atoms with Gasteiger partial charge < -0.3 is 18.9 Å². The van der Waals surface area contributed by atoms with Crippen LogP contribution in [0.25, 0.3) is 6.08 Å². The fraction of sp³-hybridized carbons (Fsp3) is 0.259. The second-order valence-corrected chi connectivity index (χ2v) is 9.04. The van der Waals surface area contributed by atoms with E-state index in [-0.39, 0.29) is 17.7 Å². The first-order chi connectivity index (χ1) is 17.8. The SMILES string of the molecule is CCOC(=O)C1=C(C)N=c2s/c(=C\c3ccc(C(=O)OC)cc3)c(=O)n2[C@H]1c1ccc(OC)c(OC)c1. The quantitative estimate of drug-likeness (QED) is 0.439. The van der Waals surface area contributed by atoms with Crippen molar-refractivity contribution in [2.24, 2.45) is 4.99 Å². The van der Waals surface area contributed by atoms with E-state index in [9.17, 15) is 14.4 Å². The molecule has 1 atom stereocenters. The van der Waals surface area contributed by atoms with E-state index in [2.05, 4.69) is 4.99 Å². The molecule has 2 heterocycles. The number of esters is 2. The molecule has 0 fully saturated rings. The van der Waals surface area contributed by atoms with Crippen LogP contribution in [0.15, 0.2) is 63.5 Å². The zero-order valence-electron chi connectivity index (χ0n) is 21.1. The molecule has 1 aromatic heterocycles. The monoisotopic (exact) mass is 522 g/mol. The second kappa shape index (κ2) is 10.8. The third kappa shape index (κ3) is 4.92. The lowest BCUT2D eigenvalue weighted by molar-refractivity contribution is -0.139. The van der Waals surface area contributed by atoms with Crippen molar-refractivity contribution in [3.05, 3.63) is 90.1 Å². The maximum atomic E-state index is 13.7. The van der Waals surface area contributed by atoms with E-state index in [0.717, 1.165) is 5.56 Å². The summed E-state index contributed by atoms with van der Waals surface area (Å²) in [6, 6.07) is 11.2. The summed E-state index contributed by atoms with van der Waals surface area (Å²) in [7, 11) is 4.37. The van der Waals surface area contributed by atoms with Crippen LogP contribution in [0.2, 0.25) is 0 Å². The van der Waals surface area contributed by atoms with Crippen molar-refractivity contribution in [2.45, 2.75) is 19.9 Å². The van der Waals surface area contributed by atoms with Crippen molar-refractivity contribution in [3.8, 4) is 11.5 Å². The summed E-state index contributed by atoms with van der Waals surface area (Å²) in [6.07, 6.45) is 1.72. The van der Waals surface area contributed by atoms with E-state index >= 15 is 0 Å². The smallest absolute Gasteiger partial charge is 0.338 e. The lowest BCUT2D eigenvalue weighted by Gasteiger charge is -2.25. The lowest BCUT2D eigenvalue weighted by atomic mass is 9.95. The topological polar surface area (TPSA) is 105 Å². The van der Waals surface area contributed by atoms with Gasteiger partial charge >= 0.3 is 11.9 Å². The van der Waals surface area contributed by atoms with E-state index in [1.807, 2.05) is 0 Å². The van der Waals surface area contributed by atoms with Gasteiger partial charge in [-0.1, -0.05) is 29.5 Å². The van der Waals surface area contributed by atoms with E-state index in [0.29, 0.717) is 37.7 Å². The van der Waals surface area contributed by atoms with Gasteiger partial charge in [-0.2, -0.15) is 0 Å². The first kappa shape index (κ1) is 25.9. The molecule has 3 aromatic rings. The summed E-state index contributed by atoms with van der Waals surface area (Å²) < 4.78 is 22.8. The van der Waals surface area contributed by atoms with Crippen LogP contribution in [0.5, 0.6) is 11.5 Å². The number of nitrogens with zero attached hydrogens (tertiary/aromatic N) is 2. The fourth-order valence-electron chi connectivity index (χ4n) is 4.11. The largest absolute Gasteiger partial charge is 0.493 e. The van der Waals surface area contributed by atoms with Crippen LogP contribution >= 0.6 is 11.3 Å². The number of methoxy groups -OCH3 is 3. The van der Waals surface area contributed by atoms with Crippen molar-refractivity contribution < 1.29 is 28.5 Å². The van der Waals surface area contributed by atoms with E-state index in [4.69, 9.17) is 18.9 Å². The van der Waals surface area contributed by atoms with Crippen LogP contribution < -0.4 is 24.4 Å². The van der Waals surface area contributed by atoms with E-state index in [1.54, 1.807) is 62.4 Å². The van der Waals surface area contributed by atoms with Crippen LogP contribution in [-0.2, 0) is 14.3 Å². The molecule has 0 unspecified atom stereocenters. The number of allylic oxidation sites excluding steroid dienone is 1. The van der Waals surface area contributed by atoms with Gasteiger partial charge in [-0.05, 0) is 55.3 Å². The Kier molecular flexibility index (Phi) is 7.58. The van der Waals surface area contributed by atoms with Gasteiger partial charge in [0, 0.05) is 0 Å². The molecular weight excluding hydrogens is 496 g/mol. The number of carbonyl (C=O) groups is 2. The minimum atomic E-state index is -0.779. The van der Waals surface area contributed by atoms with Crippen molar-refractivity contribution in [1.29, 1.82) is 0 Å². The predicted octanol–water partition coefficient (Wildman–Crippen LogP) is 2.60. The molecule has 0 saturated carbocycles. The summed E-state index contributed by atoms with van der Waals surface area (Å²) in [5, 5.41) is 0. The number of aromatic nitrogens is 1. The highest BCUT2D eigenvalue weighted by Crippen LogP contribution is 2.36. The van der Waals surface area contributed by atoms with Gasteiger partial charge in [-0.3, -0.25) is 9.36 Å². The predicted molar refractivity (Wildman–Crippen MR) is 138 cm³/mol. The molecule has 0 amide bonds. The van der Waals surface area contributed by atoms with Crippen LogP contribution in [0.1, 0.15) is 41.4 Å². The number of hydrogen-bond acceptors (Lipinski definition) is 9. The number of fused-ring (bicyclic) bond motifs is 1. The van der Waals surface area contributed by atoms with Gasteiger partial charge in [-0.25, -0.2) is 14.6 Å². The number of ether oxygens (including phenoxy) is 4. The van der Waals surface area contributed by atoms with Crippen LogP contribution in [0.3, 0.4) is 0 Å². The molecule has 0 spiro atoms. The van der Waals surface area contributed by atoms with Crippen molar-refractivity contribution in [2.75, 3.05) is 27.9 Å². The molecule has 0 radical (unpaired) electrons. The summed E-state index contributed by atoms with van der Waals surface area (Å²) in [5.41, 5.74) is 2.20. The third-order valence-electron chi connectivity index (χ3n) is 5.87. The Balaban J connectivity index is 1.90. The molecule has 4 rings (SSSR count). The summed E-state index contributed by atoms with van der Waals surface area (Å²) in [6.45, 7) is 3.63. The zero-order valence-corrected chi connectivity index (χ0v) is 21.9. The number of hydrogen-bond donors (Lipinski definition) is 0. The van der Waals surface area contributed by atoms with Gasteiger partial charge in [0.15, 0.2) is 16.3 Å². The fourth-order valence-corrected chi connectivity index (χ4v) is 5.16. The van der Waals surface area contributed by atoms with Gasteiger partial charge in [0.1, 0.15) is 0 Å². The summed E-state index contributed by atoms with van der Waals surface area (Å²) in [4.78, 5) is 43.5. The van der Waals surface area contributed by atoms with Crippen molar-refractivity contribution in [1.82, 2.24) is 4.57 Å². The highest BCUT2D eigenvalue weighted by molar-refractivity contribution is 7.07. The zero-order chi connectivity index (χ0) is 26.7. The lowest BCUT2D eigenvalue weighted by Crippen LogP contribution is -2.39. The molecule has 1 aliphatic rings. The molecule has 0 bridgehead atoms. The van der Waals surface area contributed by atoms with Crippen LogP contribution in [0, 0.1) is 0 Å². The molecular formula is C27H26N2O7S. The average molecular weight is 523 g/mol. The highest BCUT2D eigenvalue weighted by Gasteiger charge is 2.33. The number of carbonyl (C=O) groups excluding carboxylic acids is 2. The van der Waals surface area contributed by atoms with Gasteiger partial charge in [0.05, 0.1) is 55.3 Å². The van der Waals surface area contributed by atoms with Gasteiger partial charge in [-0.15, -0.1) is 0 Å². The molecule has 0 N–H and O–H groups in total. The third-order valence-corrected chi connectivity index (χ3v) is 6.85. The Labute approximate surface area is 216 Å². The first-order valence-corrected chi connectivity index (χ1v) is 12.2. The normalized spacial score (nSPS) is 15.1. The Hall–Kier alpha value is -4.18. The van der Waals surface area contributed by atoms with Gasteiger partial charge in [0.2, 0.25) is 0 Å². The maximum Gasteiger partial charge on any atom is 0.338 e. The number of benzene rings is 2. The van der Waals surface area contributed by atoms with Crippen molar-refractivity contribution in [3.63, 3.8) is 0 Å². The Morgan fingerprint density at radius 3 is 2.35 bits per heavy atom. The Morgan fingerprint density at radius 1 is 1.03 bits per heavy atom. The van der Waals surface area contributed by atoms with E-state index < -0.39 is 18.0 Å². The van der Waals surface area contributed by atoms with Crippen LogP contribution in [-0.4, -0.2) is 44.4 Å². The standard InChI is InChI=1S/C27H26N2O7S/c1-6-36-26(32)22-15(2)28-27-29(23(22)18-11-12-19(33-3)20(14-18)34-4)24(30)21(37-27)13-16-7-9-17(10-8-16)25(31)35-5/h7-14,23H,6H2,1-5H3/b21-13-/t23-/m0/s1. The summed E-state index contributed by atoms with van der Waals surface area (Å²) >= 11 is 1.21. The first-order valence-electron chi connectivity index (χ1n) is 11.4. The molecule has 37 heavy (non-hydrogen) atoms. The molecule has 10 heteroatoms. The summed E-state index contributed by atoms with van der Waals surface area (Å²) in [5.74, 6) is -0.00263. The average Bonchev–Trinajstić information content (AvgIpc) is 3.21. The Morgan fingerprint density at radius 2 is 1.73 bits per heavy atom. The number of thiazole rings is 1. The van der Waals surface area contributed by atoms with Crippen molar-refractivity contribution >= 4 is 29.4 Å². The molecule has 1 aliphatic heterocycles. The maximum absolute atomic E-state index is 13.7. The van der Waals surface area contributed by atoms with Gasteiger partial charge in [0.25, 0.3) is 5.56 Å². The minimum absolute atomic E-state index is 0.181. The Bertz CT molecular complexity index is 1570. The molecule has 0 aliphatic carbocycles. The second-order valence-electron chi connectivity index (χ2n) is 8.03.